The van der Waals surface area contributed by atoms with Gasteiger partial charge >= 0.3 is 5.00 Å². The average molecular weight is 354 g/mol. The van der Waals surface area contributed by atoms with Crippen LogP contribution in [0.2, 0.25) is 0 Å². The quantitative estimate of drug-likeness (QED) is 0.403. The fourth-order valence-electron chi connectivity index (χ4n) is 2.27. The van der Waals surface area contributed by atoms with Gasteiger partial charge in [-0.15, -0.1) is 0 Å². The van der Waals surface area contributed by atoms with Crippen LogP contribution in [0.1, 0.15) is 4.88 Å². The molecule has 0 saturated carbocycles. The normalized spacial score (nSPS) is 10.9. The molecule has 1 aromatic heterocycles. The van der Waals surface area contributed by atoms with E-state index in [-0.39, 0.29) is 17.5 Å². The molecule has 0 fully saturated rings. The molecule has 0 aliphatic heterocycles. The number of anilines is 1. The van der Waals surface area contributed by atoms with E-state index in [2.05, 4.69) is 15.8 Å². The lowest BCUT2D eigenvalue weighted by atomic mass is 10.1. The van der Waals surface area contributed by atoms with Crippen molar-refractivity contribution in [1.82, 2.24) is 5.43 Å². The second kappa shape index (κ2) is 7.54. The summed E-state index contributed by atoms with van der Waals surface area (Å²) in [6.45, 7) is 0.0654. The number of nitrogens with one attached hydrogen (secondary N) is 2. The van der Waals surface area contributed by atoms with Crippen molar-refractivity contribution in [3.05, 3.63) is 69.6 Å². The van der Waals surface area contributed by atoms with E-state index < -0.39 is 4.92 Å². The molecule has 0 bridgehead atoms. The lowest BCUT2D eigenvalue weighted by Crippen LogP contribution is -2.25. The van der Waals surface area contributed by atoms with Crippen LogP contribution < -0.4 is 10.7 Å². The molecule has 2 N–H and O–H groups in total. The molecular weight excluding hydrogens is 340 g/mol. The van der Waals surface area contributed by atoms with Crippen LogP contribution in [0.15, 0.2) is 59.7 Å². The molecule has 1 amide bonds. The van der Waals surface area contributed by atoms with Crippen LogP contribution in [0, 0.1) is 10.1 Å². The Bertz CT molecular complexity index is 946. The van der Waals surface area contributed by atoms with Crippen molar-refractivity contribution in [3.8, 4) is 0 Å². The minimum atomic E-state index is -0.464. The Balaban J connectivity index is 1.55. The summed E-state index contributed by atoms with van der Waals surface area (Å²) in [6, 6.07) is 16.7. The fraction of sp³-hybridized carbons (Fsp3) is 0.0588. The molecule has 0 radical (unpaired) electrons. The SMILES string of the molecule is O=C(CNc1cccc2ccccc12)N/N=C/c1ccc([N+](=O)[O-])s1. The van der Waals surface area contributed by atoms with E-state index in [0.717, 1.165) is 27.8 Å². The van der Waals surface area contributed by atoms with Crippen molar-refractivity contribution < 1.29 is 9.72 Å². The molecule has 0 aliphatic carbocycles. The number of fused-ring (bicyclic) bond motifs is 1. The van der Waals surface area contributed by atoms with Crippen LogP contribution in [0.25, 0.3) is 10.8 Å². The maximum absolute atomic E-state index is 11.9. The number of thiophene rings is 1. The van der Waals surface area contributed by atoms with Gasteiger partial charge in [-0.2, -0.15) is 5.10 Å². The Hall–Kier alpha value is -3.26. The van der Waals surface area contributed by atoms with Gasteiger partial charge in [0.25, 0.3) is 5.91 Å². The van der Waals surface area contributed by atoms with Crippen LogP contribution in [-0.2, 0) is 4.79 Å². The number of carbonyl (C=O) groups excluding carboxylic acids is 1. The first-order chi connectivity index (χ1) is 12.1. The van der Waals surface area contributed by atoms with Gasteiger partial charge in [-0.25, -0.2) is 5.43 Å². The summed E-state index contributed by atoms with van der Waals surface area (Å²) < 4.78 is 0. The number of hydrogen-bond acceptors (Lipinski definition) is 6. The molecule has 8 heteroatoms. The minimum absolute atomic E-state index is 0.0328. The smallest absolute Gasteiger partial charge is 0.324 e. The van der Waals surface area contributed by atoms with Gasteiger partial charge < -0.3 is 5.32 Å². The van der Waals surface area contributed by atoms with Crippen molar-refractivity contribution in [2.75, 3.05) is 11.9 Å². The third kappa shape index (κ3) is 4.18. The Kier molecular flexibility index (Phi) is 5.00. The highest BCUT2D eigenvalue weighted by Crippen LogP contribution is 2.23. The number of benzene rings is 2. The van der Waals surface area contributed by atoms with Gasteiger partial charge in [0.15, 0.2) is 0 Å². The molecule has 2 aromatic carbocycles. The number of carbonyl (C=O) groups is 1. The van der Waals surface area contributed by atoms with E-state index >= 15 is 0 Å². The van der Waals surface area contributed by atoms with E-state index in [1.807, 2.05) is 42.5 Å². The van der Waals surface area contributed by atoms with Gasteiger partial charge in [-0.1, -0.05) is 47.7 Å². The lowest BCUT2D eigenvalue weighted by Gasteiger charge is -2.08. The number of nitrogens with zero attached hydrogens (tertiary/aromatic N) is 2. The van der Waals surface area contributed by atoms with E-state index in [4.69, 9.17) is 0 Å². The van der Waals surface area contributed by atoms with Crippen molar-refractivity contribution in [3.63, 3.8) is 0 Å². The molecule has 3 rings (SSSR count). The molecule has 0 aliphatic rings. The first kappa shape index (κ1) is 16.6. The van der Waals surface area contributed by atoms with Crippen LogP contribution in [-0.4, -0.2) is 23.6 Å². The summed E-state index contributed by atoms with van der Waals surface area (Å²) in [5.74, 6) is -0.310. The first-order valence-electron chi connectivity index (χ1n) is 7.41. The topological polar surface area (TPSA) is 96.6 Å². The third-order valence-corrected chi connectivity index (χ3v) is 4.37. The monoisotopic (exact) mass is 354 g/mol. The Morgan fingerprint density at radius 1 is 1.16 bits per heavy atom. The molecule has 0 unspecified atom stereocenters. The largest absolute Gasteiger partial charge is 0.376 e. The van der Waals surface area contributed by atoms with Crippen molar-refractivity contribution in [1.29, 1.82) is 0 Å². The summed E-state index contributed by atoms with van der Waals surface area (Å²) in [4.78, 5) is 22.6. The summed E-state index contributed by atoms with van der Waals surface area (Å²) >= 11 is 0.989. The maximum Gasteiger partial charge on any atom is 0.324 e. The Labute approximate surface area is 147 Å². The van der Waals surface area contributed by atoms with Crippen molar-refractivity contribution >= 4 is 44.9 Å². The highest BCUT2D eigenvalue weighted by atomic mass is 32.1. The van der Waals surface area contributed by atoms with Crippen molar-refractivity contribution in [2.45, 2.75) is 0 Å². The molecule has 7 nitrogen and oxygen atoms in total. The second-order valence-electron chi connectivity index (χ2n) is 5.11. The summed E-state index contributed by atoms with van der Waals surface area (Å²) in [5.41, 5.74) is 3.26. The maximum atomic E-state index is 11.9. The average Bonchev–Trinajstić information content (AvgIpc) is 3.09. The number of hydrazone groups is 1. The highest BCUT2D eigenvalue weighted by molar-refractivity contribution is 7.16. The van der Waals surface area contributed by atoms with Crippen LogP contribution in [0.3, 0.4) is 0 Å². The molecular formula is C17H14N4O3S. The zero-order valence-corrected chi connectivity index (χ0v) is 13.8. The van der Waals surface area contributed by atoms with Gasteiger partial charge in [0.1, 0.15) is 0 Å². The summed E-state index contributed by atoms with van der Waals surface area (Å²) in [6.07, 6.45) is 1.38. The van der Waals surface area contributed by atoms with Gasteiger partial charge in [0.05, 0.1) is 22.6 Å². The van der Waals surface area contributed by atoms with Crippen molar-refractivity contribution in [2.24, 2.45) is 5.10 Å². The van der Waals surface area contributed by atoms with Crippen LogP contribution in [0.4, 0.5) is 10.7 Å². The summed E-state index contributed by atoms with van der Waals surface area (Å²) in [5, 5.41) is 19.7. The number of amides is 1. The predicted molar refractivity (Wildman–Crippen MR) is 99.1 cm³/mol. The Morgan fingerprint density at radius 3 is 2.76 bits per heavy atom. The predicted octanol–water partition coefficient (Wildman–Crippen LogP) is 3.37. The fourth-order valence-corrected chi connectivity index (χ4v) is 2.97. The number of hydrogen-bond donors (Lipinski definition) is 2. The number of rotatable bonds is 6. The van der Waals surface area contributed by atoms with Crippen LogP contribution in [0.5, 0.6) is 0 Å². The summed E-state index contributed by atoms with van der Waals surface area (Å²) in [7, 11) is 0. The molecule has 0 spiro atoms. The van der Waals surface area contributed by atoms with E-state index in [9.17, 15) is 14.9 Å². The van der Waals surface area contributed by atoms with Gasteiger partial charge in [0.2, 0.25) is 0 Å². The highest BCUT2D eigenvalue weighted by Gasteiger charge is 2.08. The van der Waals surface area contributed by atoms with E-state index in [1.165, 1.54) is 12.3 Å². The van der Waals surface area contributed by atoms with E-state index in [0.29, 0.717) is 4.88 Å². The Morgan fingerprint density at radius 2 is 1.96 bits per heavy atom. The molecule has 126 valence electrons. The lowest BCUT2D eigenvalue weighted by molar-refractivity contribution is -0.380. The third-order valence-electron chi connectivity index (χ3n) is 3.40. The molecule has 0 saturated heterocycles. The molecule has 3 aromatic rings. The van der Waals surface area contributed by atoms with Gasteiger partial charge in [-0.3, -0.25) is 14.9 Å². The zero-order valence-electron chi connectivity index (χ0n) is 13.0. The van der Waals surface area contributed by atoms with Gasteiger partial charge in [-0.05, 0) is 17.5 Å². The first-order valence-corrected chi connectivity index (χ1v) is 8.23. The van der Waals surface area contributed by atoms with E-state index in [1.54, 1.807) is 6.07 Å². The zero-order chi connectivity index (χ0) is 17.6. The second-order valence-corrected chi connectivity index (χ2v) is 6.20. The van der Waals surface area contributed by atoms with Gasteiger partial charge in [0, 0.05) is 17.1 Å². The molecule has 1 heterocycles. The van der Waals surface area contributed by atoms with Crippen LogP contribution >= 0.6 is 11.3 Å². The number of nitro groups is 1. The minimum Gasteiger partial charge on any atom is -0.376 e. The molecule has 0 atom stereocenters. The molecule has 25 heavy (non-hydrogen) atoms. The standard InChI is InChI=1S/C17H14N4O3S/c22-16(20-19-10-13-8-9-17(25-13)21(23)24)11-18-15-7-3-5-12-4-1-2-6-14(12)15/h1-10,18H,11H2,(H,20,22)/b19-10+.